The number of para-hydroxylation sites is 1. The summed E-state index contributed by atoms with van der Waals surface area (Å²) in [5.74, 6) is -0.552. The highest BCUT2D eigenvalue weighted by atomic mass is 35.5. The zero-order chi connectivity index (χ0) is 26.5. The van der Waals surface area contributed by atoms with Gasteiger partial charge in [-0.3, -0.25) is 19.3 Å². The van der Waals surface area contributed by atoms with Gasteiger partial charge in [-0.25, -0.2) is 0 Å². The van der Waals surface area contributed by atoms with Crippen LogP contribution in [0.15, 0.2) is 59.1 Å². The maximum Gasteiger partial charge on any atom is 0.248 e. The van der Waals surface area contributed by atoms with Gasteiger partial charge >= 0.3 is 0 Å². The minimum Gasteiger partial charge on any atom is -0.360 e. The molecule has 3 aromatic rings. The van der Waals surface area contributed by atoms with Crippen molar-refractivity contribution in [2.24, 2.45) is 0 Å². The summed E-state index contributed by atoms with van der Waals surface area (Å²) in [5.41, 5.74) is 0.170. The molecular weight excluding hydrogens is 503 g/mol. The smallest absolute Gasteiger partial charge is 0.248 e. The van der Waals surface area contributed by atoms with Crippen molar-refractivity contribution >= 4 is 52.4 Å². The lowest BCUT2D eigenvalue weighted by Crippen LogP contribution is -2.49. The van der Waals surface area contributed by atoms with Crippen LogP contribution in [0.3, 0.4) is 0 Å². The molecule has 10 heteroatoms. The van der Waals surface area contributed by atoms with Crippen molar-refractivity contribution < 1.29 is 18.9 Å². The Hall–Kier alpha value is -3.36. The Bertz CT molecular complexity index is 1250. The monoisotopic (exact) mass is 530 g/mol. The Morgan fingerprint density at radius 3 is 2.22 bits per heavy atom. The summed E-state index contributed by atoms with van der Waals surface area (Å²) in [4.78, 5) is 41.1. The number of benzene rings is 2. The fourth-order valence-corrected chi connectivity index (χ4v) is 4.03. The van der Waals surface area contributed by atoms with Crippen LogP contribution < -0.4 is 15.5 Å². The molecule has 1 aromatic heterocycles. The average Bonchev–Trinajstić information content (AvgIpc) is 3.20. The number of carbonyl (C=O) groups excluding carboxylic acids is 3. The van der Waals surface area contributed by atoms with Gasteiger partial charge in [-0.2, -0.15) is 0 Å². The molecule has 36 heavy (non-hydrogen) atoms. The van der Waals surface area contributed by atoms with Gasteiger partial charge in [0, 0.05) is 35.0 Å². The van der Waals surface area contributed by atoms with Crippen LogP contribution in [-0.2, 0) is 14.4 Å². The Kier molecular flexibility index (Phi) is 8.76. The zero-order valence-electron chi connectivity index (χ0n) is 20.5. The van der Waals surface area contributed by atoms with Gasteiger partial charge in [0.1, 0.15) is 11.8 Å². The van der Waals surface area contributed by atoms with Gasteiger partial charge in [-0.1, -0.05) is 58.7 Å². The van der Waals surface area contributed by atoms with Crippen molar-refractivity contribution in [3.63, 3.8) is 0 Å². The summed E-state index contributed by atoms with van der Waals surface area (Å²) in [6.45, 7) is 7.22. The number of rotatable bonds is 8. The number of aryl methyl sites for hydroxylation is 1. The molecule has 0 spiro atoms. The van der Waals surface area contributed by atoms with Gasteiger partial charge in [0.15, 0.2) is 5.82 Å². The second kappa shape index (κ2) is 11.6. The summed E-state index contributed by atoms with van der Waals surface area (Å²) in [6.07, 6.45) is -0.348. The Morgan fingerprint density at radius 1 is 1.00 bits per heavy atom. The van der Waals surface area contributed by atoms with Crippen LogP contribution >= 0.6 is 23.2 Å². The summed E-state index contributed by atoms with van der Waals surface area (Å²) >= 11 is 13.0. The van der Waals surface area contributed by atoms with Crippen molar-refractivity contribution in [2.75, 3.05) is 10.2 Å². The van der Waals surface area contributed by atoms with E-state index in [9.17, 15) is 14.4 Å². The van der Waals surface area contributed by atoms with Gasteiger partial charge in [-0.05, 0) is 45.9 Å². The summed E-state index contributed by atoms with van der Waals surface area (Å²) in [5, 5.41) is 9.84. The number of amides is 3. The molecule has 0 bridgehead atoms. The fourth-order valence-electron chi connectivity index (χ4n) is 3.57. The highest BCUT2D eigenvalue weighted by Crippen LogP contribution is 2.36. The minimum absolute atomic E-state index is 0.151. The molecule has 1 atom stereocenters. The third kappa shape index (κ3) is 7.08. The highest BCUT2D eigenvalue weighted by molar-refractivity contribution is 6.34. The molecule has 0 aliphatic carbocycles. The maximum absolute atomic E-state index is 13.7. The van der Waals surface area contributed by atoms with Crippen molar-refractivity contribution in [1.29, 1.82) is 0 Å². The number of anilines is 2. The van der Waals surface area contributed by atoms with E-state index in [1.54, 1.807) is 61.5 Å². The Morgan fingerprint density at radius 2 is 1.64 bits per heavy atom. The van der Waals surface area contributed by atoms with Crippen LogP contribution in [0.1, 0.15) is 51.0 Å². The van der Waals surface area contributed by atoms with E-state index in [1.165, 1.54) is 4.90 Å². The Labute approximate surface area is 219 Å². The van der Waals surface area contributed by atoms with Crippen LogP contribution in [0.2, 0.25) is 10.0 Å². The quantitative estimate of drug-likeness (QED) is 0.388. The first-order valence-electron chi connectivity index (χ1n) is 11.3. The van der Waals surface area contributed by atoms with E-state index in [0.29, 0.717) is 22.0 Å². The van der Waals surface area contributed by atoms with Crippen LogP contribution in [-0.4, -0.2) is 28.4 Å². The number of carbonyl (C=O) groups is 3. The van der Waals surface area contributed by atoms with E-state index < -0.39 is 29.3 Å². The normalized spacial score (nSPS) is 12.1. The molecule has 1 heterocycles. The lowest BCUT2D eigenvalue weighted by atomic mass is 10.00. The van der Waals surface area contributed by atoms with E-state index >= 15 is 0 Å². The second-order valence-corrected chi connectivity index (χ2v) is 10.1. The molecule has 190 valence electrons. The molecule has 3 rings (SSSR count). The molecule has 0 fully saturated rings. The SMILES string of the molecule is Cc1cc(NC(=O)CCC(=O)N(c2ccccc2Cl)C(C(=O)NC(C)(C)C)c2ccccc2Cl)no1. The van der Waals surface area contributed by atoms with E-state index in [4.69, 9.17) is 27.7 Å². The standard InChI is InChI=1S/C26H28Cl2N4O4/c1-16-15-21(31-36-16)29-22(33)13-14-23(34)32(20-12-8-7-11-19(20)28)24(25(35)30-26(2,3)4)17-9-5-6-10-18(17)27/h5-12,15,24H,13-14H2,1-4H3,(H,30,35)(H,29,31,33). The number of halogens is 2. The van der Waals surface area contributed by atoms with Gasteiger partial charge < -0.3 is 15.2 Å². The molecule has 3 amide bonds. The van der Waals surface area contributed by atoms with Crippen molar-refractivity contribution in [3.05, 3.63) is 76.0 Å². The predicted molar refractivity (Wildman–Crippen MR) is 140 cm³/mol. The molecule has 2 N–H and O–H groups in total. The van der Waals surface area contributed by atoms with Crippen LogP contribution in [0.5, 0.6) is 0 Å². The molecule has 8 nitrogen and oxygen atoms in total. The van der Waals surface area contributed by atoms with Gasteiger partial charge in [0.25, 0.3) is 0 Å². The largest absolute Gasteiger partial charge is 0.360 e. The van der Waals surface area contributed by atoms with E-state index in [0.717, 1.165) is 0 Å². The highest BCUT2D eigenvalue weighted by Gasteiger charge is 2.36. The van der Waals surface area contributed by atoms with Gasteiger partial charge in [-0.15, -0.1) is 0 Å². The molecule has 1 unspecified atom stereocenters. The third-order valence-corrected chi connectivity index (χ3v) is 5.71. The van der Waals surface area contributed by atoms with Crippen LogP contribution in [0.25, 0.3) is 0 Å². The molecule has 0 radical (unpaired) electrons. The number of nitrogens with zero attached hydrogens (tertiary/aromatic N) is 2. The van der Waals surface area contributed by atoms with E-state index in [2.05, 4.69) is 15.8 Å². The molecule has 2 aromatic carbocycles. The number of aromatic nitrogens is 1. The maximum atomic E-state index is 13.7. The van der Waals surface area contributed by atoms with E-state index in [1.807, 2.05) is 20.8 Å². The van der Waals surface area contributed by atoms with Crippen molar-refractivity contribution in [1.82, 2.24) is 10.5 Å². The summed E-state index contributed by atoms with van der Waals surface area (Å²) in [6, 6.07) is 14.0. The first kappa shape index (κ1) is 27.2. The average molecular weight is 531 g/mol. The van der Waals surface area contributed by atoms with Crippen LogP contribution in [0.4, 0.5) is 11.5 Å². The molecule has 0 saturated heterocycles. The predicted octanol–water partition coefficient (Wildman–Crippen LogP) is 5.70. The van der Waals surface area contributed by atoms with Crippen LogP contribution in [0, 0.1) is 6.92 Å². The third-order valence-electron chi connectivity index (χ3n) is 5.05. The molecule has 0 aliphatic heterocycles. The second-order valence-electron chi connectivity index (χ2n) is 9.25. The fraction of sp³-hybridized carbons (Fsp3) is 0.308. The minimum atomic E-state index is -1.13. The molecule has 0 aliphatic rings. The lowest BCUT2D eigenvalue weighted by Gasteiger charge is -2.34. The zero-order valence-corrected chi connectivity index (χ0v) is 22.0. The molecular formula is C26H28Cl2N4O4. The van der Waals surface area contributed by atoms with Gasteiger partial charge in [0.2, 0.25) is 17.7 Å². The summed E-state index contributed by atoms with van der Waals surface area (Å²) < 4.78 is 4.95. The van der Waals surface area contributed by atoms with Gasteiger partial charge in [0.05, 0.1) is 10.7 Å². The topological polar surface area (TPSA) is 105 Å². The first-order chi connectivity index (χ1) is 17.0. The van der Waals surface area contributed by atoms with E-state index in [-0.39, 0.29) is 23.7 Å². The van der Waals surface area contributed by atoms with Crippen molar-refractivity contribution in [3.8, 4) is 0 Å². The number of hydrogen-bond acceptors (Lipinski definition) is 5. The number of hydrogen-bond donors (Lipinski definition) is 2. The number of nitrogens with one attached hydrogen (secondary N) is 2. The molecule has 0 saturated carbocycles. The summed E-state index contributed by atoms with van der Waals surface area (Å²) in [7, 11) is 0. The van der Waals surface area contributed by atoms with Crippen molar-refractivity contribution in [2.45, 2.75) is 52.1 Å². The first-order valence-corrected chi connectivity index (χ1v) is 12.1. The lowest BCUT2D eigenvalue weighted by molar-refractivity contribution is -0.128. The Balaban J connectivity index is 1.98.